The van der Waals surface area contributed by atoms with Crippen molar-refractivity contribution in [2.75, 3.05) is 11.6 Å². The molecule has 0 aliphatic heterocycles. The fourth-order valence-electron chi connectivity index (χ4n) is 1.20. The van der Waals surface area contributed by atoms with E-state index >= 15 is 0 Å². The summed E-state index contributed by atoms with van der Waals surface area (Å²) in [6.45, 7) is 0.670. The van der Waals surface area contributed by atoms with Crippen molar-refractivity contribution in [3.05, 3.63) is 29.8 Å². The van der Waals surface area contributed by atoms with Gasteiger partial charge in [-0.2, -0.15) is 0 Å². The molecule has 6 nitrogen and oxygen atoms in total. The van der Waals surface area contributed by atoms with E-state index in [4.69, 9.17) is 16.1 Å². The standard InChI is InChI=1S/C10H14N2O4/c1-10(16,6-13)12(11)8-5-3-2-4-7(8)9(14)15/h2-5,13,16H,6,11H2,1H3,(H,14,15). The normalized spacial score (nSPS) is 14.2. The molecule has 0 aliphatic rings. The second kappa shape index (κ2) is 4.48. The van der Waals surface area contributed by atoms with Crippen LogP contribution in [0.1, 0.15) is 17.3 Å². The van der Waals surface area contributed by atoms with Crippen molar-refractivity contribution in [3.8, 4) is 0 Å². The van der Waals surface area contributed by atoms with Gasteiger partial charge in [-0.1, -0.05) is 12.1 Å². The maximum Gasteiger partial charge on any atom is 0.337 e. The number of hydrogen-bond acceptors (Lipinski definition) is 5. The molecule has 5 N–H and O–H groups in total. The van der Waals surface area contributed by atoms with E-state index < -0.39 is 18.3 Å². The van der Waals surface area contributed by atoms with Crippen molar-refractivity contribution in [2.24, 2.45) is 5.84 Å². The van der Waals surface area contributed by atoms with E-state index in [0.29, 0.717) is 0 Å². The topological polar surface area (TPSA) is 107 Å². The predicted molar refractivity (Wildman–Crippen MR) is 57.8 cm³/mol. The average Bonchev–Trinajstić information content (AvgIpc) is 2.28. The molecule has 0 saturated carbocycles. The van der Waals surface area contributed by atoms with Gasteiger partial charge in [0.25, 0.3) is 0 Å². The van der Waals surface area contributed by atoms with Crippen LogP contribution in [0.2, 0.25) is 0 Å². The number of hydrogen-bond donors (Lipinski definition) is 4. The van der Waals surface area contributed by atoms with Gasteiger partial charge in [0, 0.05) is 0 Å². The van der Waals surface area contributed by atoms with E-state index in [-0.39, 0.29) is 11.3 Å². The summed E-state index contributed by atoms with van der Waals surface area (Å²) in [6.07, 6.45) is 0. The number of carbonyl (C=O) groups is 1. The zero-order chi connectivity index (χ0) is 12.3. The van der Waals surface area contributed by atoms with Crippen molar-refractivity contribution < 1.29 is 20.1 Å². The molecule has 6 heteroatoms. The summed E-state index contributed by atoms with van der Waals surface area (Å²) in [5, 5.41) is 28.4. The van der Waals surface area contributed by atoms with E-state index in [1.54, 1.807) is 12.1 Å². The number of anilines is 1. The molecule has 0 fully saturated rings. The molecule has 88 valence electrons. The highest BCUT2D eigenvalue weighted by Gasteiger charge is 2.28. The van der Waals surface area contributed by atoms with Crippen LogP contribution in [-0.2, 0) is 0 Å². The highest BCUT2D eigenvalue weighted by atomic mass is 16.4. The average molecular weight is 226 g/mol. The zero-order valence-electron chi connectivity index (χ0n) is 8.79. The monoisotopic (exact) mass is 226 g/mol. The van der Waals surface area contributed by atoms with Crippen LogP contribution < -0.4 is 10.9 Å². The van der Waals surface area contributed by atoms with Crippen LogP contribution in [0, 0.1) is 0 Å². The molecule has 1 aromatic carbocycles. The minimum absolute atomic E-state index is 0.0428. The lowest BCUT2D eigenvalue weighted by molar-refractivity contribution is -0.00128. The van der Waals surface area contributed by atoms with Gasteiger partial charge in [-0.15, -0.1) is 0 Å². The lowest BCUT2D eigenvalue weighted by Crippen LogP contribution is -2.54. The SMILES string of the molecule is CC(O)(CO)N(N)c1ccccc1C(=O)O. The van der Waals surface area contributed by atoms with Crippen molar-refractivity contribution >= 4 is 11.7 Å². The van der Waals surface area contributed by atoms with Crippen LogP contribution >= 0.6 is 0 Å². The van der Waals surface area contributed by atoms with Crippen LogP contribution in [0.3, 0.4) is 0 Å². The molecule has 16 heavy (non-hydrogen) atoms. The van der Waals surface area contributed by atoms with Crippen LogP contribution in [0.15, 0.2) is 24.3 Å². The second-order valence-electron chi connectivity index (χ2n) is 3.57. The Kier molecular flexibility index (Phi) is 3.48. The molecule has 0 radical (unpaired) electrons. The Balaban J connectivity index is 3.18. The Morgan fingerprint density at radius 2 is 2.06 bits per heavy atom. The number of para-hydroxylation sites is 1. The number of nitrogens with two attached hydrogens (primary N) is 1. The number of carboxylic acids is 1. The summed E-state index contributed by atoms with van der Waals surface area (Å²) in [4.78, 5) is 10.9. The molecular weight excluding hydrogens is 212 g/mol. The lowest BCUT2D eigenvalue weighted by Gasteiger charge is -2.33. The number of aromatic carboxylic acids is 1. The molecule has 0 aromatic heterocycles. The van der Waals surface area contributed by atoms with Gasteiger partial charge in [0.2, 0.25) is 0 Å². The number of benzene rings is 1. The Hall–Kier alpha value is -1.63. The molecule has 0 bridgehead atoms. The highest BCUT2D eigenvalue weighted by Crippen LogP contribution is 2.23. The van der Waals surface area contributed by atoms with Crippen LogP contribution in [0.25, 0.3) is 0 Å². The molecule has 0 aliphatic carbocycles. The first-order valence-electron chi connectivity index (χ1n) is 4.60. The number of rotatable bonds is 4. The number of aliphatic hydroxyl groups excluding tert-OH is 1. The van der Waals surface area contributed by atoms with Crippen LogP contribution in [0.4, 0.5) is 5.69 Å². The molecule has 1 rings (SSSR count). The predicted octanol–water partition coefficient (Wildman–Crippen LogP) is -0.234. The second-order valence-corrected chi connectivity index (χ2v) is 3.57. The van der Waals surface area contributed by atoms with Gasteiger partial charge >= 0.3 is 5.97 Å². The first-order chi connectivity index (χ1) is 7.40. The summed E-state index contributed by atoms with van der Waals surface area (Å²) < 4.78 is 0. The lowest BCUT2D eigenvalue weighted by atomic mass is 10.1. The maximum absolute atomic E-state index is 10.9. The van der Waals surface area contributed by atoms with Gasteiger partial charge in [0.15, 0.2) is 5.72 Å². The molecule has 1 unspecified atom stereocenters. The molecular formula is C10H14N2O4. The number of hydrazine groups is 1. The van der Waals surface area contributed by atoms with Gasteiger partial charge in [-0.3, -0.25) is 5.01 Å². The molecule has 0 saturated heterocycles. The number of carboxylic acid groups (broad SMARTS) is 1. The third kappa shape index (κ3) is 2.30. The molecule has 1 atom stereocenters. The smallest absolute Gasteiger partial charge is 0.337 e. The minimum atomic E-state index is -1.72. The molecule has 0 amide bonds. The first kappa shape index (κ1) is 12.4. The Bertz CT molecular complexity index is 392. The van der Waals surface area contributed by atoms with E-state index in [1.165, 1.54) is 19.1 Å². The van der Waals surface area contributed by atoms with Crippen LogP contribution in [0.5, 0.6) is 0 Å². The van der Waals surface area contributed by atoms with Gasteiger partial charge in [-0.25, -0.2) is 10.6 Å². The fourth-order valence-corrected chi connectivity index (χ4v) is 1.20. The summed E-state index contributed by atoms with van der Waals surface area (Å²) in [5.74, 6) is 4.43. The van der Waals surface area contributed by atoms with E-state index in [1.807, 2.05) is 0 Å². The van der Waals surface area contributed by atoms with Crippen molar-refractivity contribution in [2.45, 2.75) is 12.6 Å². The highest BCUT2D eigenvalue weighted by molar-refractivity contribution is 5.94. The largest absolute Gasteiger partial charge is 0.478 e. The van der Waals surface area contributed by atoms with Crippen LogP contribution in [-0.4, -0.2) is 33.6 Å². The quantitative estimate of drug-likeness (QED) is 0.321. The number of aliphatic hydroxyl groups is 2. The summed E-state index contributed by atoms with van der Waals surface area (Å²) in [6, 6.07) is 5.96. The third-order valence-electron chi connectivity index (χ3n) is 2.21. The molecule has 0 spiro atoms. The third-order valence-corrected chi connectivity index (χ3v) is 2.21. The Labute approximate surface area is 92.5 Å². The molecule has 0 heterocycles. The van der Waals surface area contributed by atoms with Gasteiger partial charge in [0.1, 0.15) is 0 Å². The summed E-state index contributed by atoms with van der Waals surface area (Å²) in [5.41, 5.74) is -1.63. The van der Waals surface area contributed by atoms with Gasteiger partial charge in [0.05, 0.1) is 17.9 Å². The van der Waals surface area contributed by atoms with E-state index in [0.717, 1.165) is 5.01 Å². The Morgan fingerprint density at radius 1 is 1.50 bits per heavy atom. The maximum atomic E-state index is 10.9. The van der Waals surface area contributed by atoms with Crippen molar-refractivity contribution in [1.82, 2.24) is 0 Å². The van der Waals surface area contributed by atoms with Crippen molar-refractivity contribution in [3.63, 3.8) is 0 Å². The van der Waals surface area contributed by atoms with Gasteiger partial charge < -0.3 is 15.3 Å². The first-order valence-corrected chi connectivity index (χ1v) is 4.60. The zero-order valence-corrected chi connectivity index (χ0v) is 8.79. The number of nitrogens with zero attached hydrogens (tertiary/aromatic N) is 1. The van der Waals surface area contributed by atoms with E-state index in [9.17, 15) is 9.90 Å². The van der Waals surface area contributed by atoms with Gasteiger partial charge in [-0.05, 0) is 19.1 Å². The minimum Gasteiger partial charge on any atom is -0.478 e. The summed E-state index contributed by atoms with van der Waals surface area (Å²) >= 11 is 0. The Morgan fingerprint density at radius 3 is 2.56 bits per heavy atom. The van der Waals surface area contributed by atoms with E-state index in [2.05, 4.69) is 0 Å². The molecule has 1 aromatic rings. The van der Waals surface area contributed by atoms with Crippen molar-refractivity contribution in [1.29, 1.82) is 0 Å². The summed E-state index contributed by atoms with van der Waals surface area (Å²) in [7, 11) is 0. The fraction of sp³-hybridized carbons (Fsp3) is 0.300.